The van der Waals surface area contributed by atoms with Crippen molar-refractivity contribution in [2.24, 2.45) is 5.92 Å². The molecule has 1 aromatic carbocycles. The summed E-state index contributed by atoms with van der Waals surface area (Å²) in [4.78, 5) is 11.1. The van der Waals surface area contributed by atoms with E-state index in [1.807, 2.05) is 0 Å². The number of carboxylic acid groups (broad SMARTS) is 1. The Morgan fingerprint density at radius 3 is 2.45 bits per heavy atom. The summed E-state index contributed by atoms with van der Waals surface area (Å²) < 4.78 is 26.3. The average Bonchev–Trinajstić information content (AvgIpc) is 2.47. The van der Waals surface area contributed by atoms with Gasteiger partial charge in [-0.25, -0.2) is 8.42 Å². The molecule has 1 aliphatic rings. The summed E-state index contributed by atoms with van der Waals surface area (Å²) in [5.74, 6) is -1.99. The second-order valence-corrected chi connectivity index (χ2v) is 7.50. The molecule has 0 aliphatic carbocycles. The van der Waals surface area contributed by atoms with Gasteiger partial charge in [0.25, 0.3) is 0 Å². The number of hydrogen-bond acceptors (Lipinski definition) is 4. The van der Waals surface area contributed by atoms with Crippen molar-refractivity contribution < 1.29 is 23.4 Å². The van der Waals surface area contributed by atoms with Gasteiger partial charge in [-0.15, -0.1) is 0 Å². The van der Waals surface area contributed by atoms with E-state index in [0.29, 0.717) is 0 Å². The van der Waals surface area contributed by atoms with Gasteiger partial charge in [0.15, 0.2) is 0 Å². The minimum Gasteiger partial charge on any atom is -0.481 e. The van der Waals surface area contributed by atoms with Crippen LogP contribution in [0.2, 0.25) is 0 Å². The van der Waals surface area contributed by atoms with Crippen LogP contribution < -0.4 is 0 Å². The fourth-order valence-electron chi connectivity index (χ4n) is 2.67. The maximum absolute atomic E-state index is 12.5. The molecule has 1 aromatic rings. The number of piperidine rings is 1. The number of aliphatic hydroxyl groups excluding tert-OH is 1. The van der Waals surface area contributed by atoms with Crippen LogP contribution in [0.1, 0.15) is 25.3 Å². The Balaban J connectivity index is 2.15. The molecular weight excluding hydrogens is 306 g/mol. The van der Waals surface area contributed by atoms with Gasteiger partial charge in [-0.3, -0.25) is 4.79 Å². The lowest BCUT2D eigenvalue weighted by Crippen LogP contribution is -2.48. The Bertz CT molecular complexity index is 626. The third-order valence-electron chi connectivity index (χ3n) is 3.96. The average molecular weight is 327 g/mol. The van der Waals surface area contributed by atoms with Crippen LogP contribution in [0.3, 0.4) is 0 Å². The van der Waals surface area contributed by atoms with Crippen molar-refractivity contribution in [3.05, 3.63) is 29.8 Å². The molecule has 0 bridgehead atoms. The van der Waals surface area contributed by atoms with E-state index in [0.717, 1.165) is 22.7 Å². The molecule has 2 atom stereocenters. The zero-order chi connectivity index (χ0) is 16.3. The van der Waals surface area contributed by atoms with E-state index >= 15 is 0 Å². The summed E-state index contributed by atoms with van der Waals surface area (Å²) in [7, 11) is -3.70. The first-order valence-corrected chi connectivity index (χ1v) is 8.80. The van der Waals surface area contributed by atoms with E-state index in [9.17, 15) is 18.3 Å². The highest BCUT2D eigenvalue weighted by Crippen LogP contribution is 2.24. The second-order valence-electron chi connectivity index (χ2n) is 5.56. The van der Waals surface area contributed by atoms with Gasteiger partial charge in [0.2, 0.25) is 10.0 Å². The number of benzene rings is 1. The van der Waals surface area contributed by atoms with Crippen molar-refractivity contribution in [3.63, 3.8) is 0 Å². The first-order chi connectivity index (χ1) is 10.4. The van der Waals surface area contributed by atoms with Crippen molar-refractivity contribution in [1.82, 2.24) is 4.31 Å². The number of aliphatic carboxylic acids is 1. The Morgan fingerprint density at radius 1 is 1.32 bits per heavy atom. The molecule has 22 heavy (non-hydrogen) atoms. The molecule has 2 N–H and O–H groups in total. The Kier molecular flexibility index (Phi) is 5.20. The fraction of sp³-hybridized carbons (Fsp3) is 0.533. The smallest absolute Gasteiger partial charge is 0.309 e. The van der Waals surface area contributed by atoms with E-state index in [-0.39, 0.29) is 24.4 Å². The predicted molar refractivity (Wildman–Crippen MR) is 80.9 cm³/mol. The third-order valence-corrected chi connectivity index (χ3v) is 5.84. The summed E-state index contributed by atoms with van der Waals surface area (Å²) in [6.45, 7) is 1.97. The van der Waals surface area contributed by atoms with Crippen LogP contribution in [-0.4, -0.2) is 48.1 Å². The molecule has 0 radical (unpaired) electrons. The largest absolute Gasteiger partial charge is 0.481 e. The number of nitrogens with zero attached hydrogens (tertiary/aromatic N) is 1. The summed E-state index contributed by atoms with van der Waals surface area (Å²) in [6, 6.07) is 6.71. The summed E-state index contributed by atoms with van der Waals surface area (Å²) in [6.07, 6.45) is 0.814. The van der Waals surface area contributed by atoms with Crippen LogP contribution in [0.15, 0.2) is 29.2 Å². The van der Waals surface area contributed by atoms with Gasteiger partial charge in [0.1, 0.15) is 0 Å². The van der Waals surface area contributed by atoms with Crippen LogP contribution in [-0.2, 0) is 21.2 Å². The predicted octanol–water partition coefficient (Wildman–Crippen LogP) is 1.10. The lowest BCUT2D eigenvalue weighted by atomic mass is 9.95. The van der Waals surface area contributed by atoms with Crippen LogP contribution in [0.4, 0.5) is 0 Å². The highest BCUT2D eigenvalue weighted by Gasteiger charge is 2.37. The SMILES string of the molecule is CCCc1ccc(S(=O)(=O)N2CC[C@H](C(=O)O)[C@H](O)C2)cc1. The molecule has 0 amide bonds. The van der Waals surface area contributed by atoms with Gasteiger partial charge in [-0.05, 0) is 30.5 Å². The van der Waals surface area contributed by atoms with Crippen molar-refractivity contribution in [3.8, 4) is 0 Å². The number of β-amino-alcohol motifs (C(OH)–C–C–N with tert-alkyl or cyclic N) is 1. The number of hydrogen-bond donors (Lipinski definition) is 2. The minimum atomic E-state index is -3.70. The van der Waals surface area contributed by atoms with Crippen LogP contribution in [0, 0.1) is 5.92 Å². The minimum absolute atomic E-state index is 0.104. The van der Waals surface area contributed by atoms with Gasteiger partial charge in [0.05, 0.1) is 16.9 Å². The third kappa shape index (κ3) is 3.48. The zero-order valence-corrected chi connectivity index (χ0v) is 13.3. The molecule has 2 rings (SSSR count). The molecule has 1 fully saturated rings. The van der Waals surface area contributed by atoms with Gasteiger partial charge in [0, 0.05) is 13.1 Å². The highest BCUT2D eigenvalue weighted by atomic mass is 32.2. The lowest BCUT2D eigenvalue weighted by molar-refractivity contribution is -0.147. The van der Waals surface area contributed by atoms with Gasteiger partial charge >= 0.3 is 5.97 Å². The number of sulfonamides is 1. The molecule has 7 heteroatoms. The van der Waals surface area contributed by atoms with E-state index in [1.165, 1.54) is 0 Å². The Labute approximate surface area is 130 Å². The molecule has 6 nitrogen and oxygen atoms in total. The summed E-state index contributed by atoms with van der Waals surface area (Å²) in [5.41, 5.74) is 1.08. The fourth-order valence-corrected chi connectivity index (χ4v) is 4.15. The van der Waals surface area contributed by atoms with E-state index in [2.05, 4.69) is 6.92 Å². The zero-order valence-electron chi connectivity index (χ0n) is 12.5. The molecule has 1 saturated heterocycles. The number of aryl methyl sites for hydroxylation is 1. The number of rotatable bonds is 5. The first-order valence-electron chi connectivity index (χ1n) is 7.36. The highest BCUT2D eigenvalue weighted by molar-refractivity contribution is 7.89. The standard InChI is InChI=1S/C15H21NO5S/c1-2-3-11-4-6-12(7-5-11)22(20,21)16-9-8-13(15(18)19)14(17)10-16/h4-7,13-14,17H,2-3,8-10H2,1H3,(H,18,19)/t13-,14+/m0/s1. The van der Waals surface area contributed by atoms with Crippen LogP contribution in [0.5, 0.6) is 0 Å². The first kappa shape index (κ1) is 16.9. The number of carboxylic acids is 1. The maximum atomic E-state index is 12.5. The molecule has 1 aliphatic heterocycles. The Hall–Kier alpha value is -1.44. The van der Waals surface area contributed by atoms with Crippen molar-refractivity contribution in [1.29, 1.82) is 0 Å². The molecule has 0 unspecified atom stereocenters. The summed E-state index contributed by atoms with van der Waals surface area (Å²) in [5, 5.41) is 18.8. The van der Waals surface area contributed by atoms with E-state index < -0.39 is 28.0 Å². The number of carbonyl (C=O) groups is 1. The van der Waals surface area contributed by atoms with Gasteiger partial charge in [-0.1, -0.05) is 25.5 Å². The van der Waals surface area contributed by atoms with Crippen molar-refractivity contribution in [2.45, 2.75) is 37.2 Å². The molecule has 0 saturated carbocycles. The normalized spacial score (nSPS) is 23.4. The summed E-state index contributed by atoms with van der Waals surface area (Å²) >= 11 is 0. The van der Waals surface area contributed by atoms with Crippen LogP contribution >= 0.6 is 0 Å². The van der Waals surface area contributed by atoms with E-state index in [4.69, 9.17) is 5.11 Å². The van der Waals surface area contributed by atoms with E-state index in [1.54, 1.807) is 24.3 Å². The van der Waals surface area contributed by atoms with Crippen LogP contribution in [0.25, 0.3) is 0 Å². The molecule has 122 valence electrons. The quantitative estimate of drug-likeness (QED) is 0.844. The lowest BCUT2D eigenvalue weighted by Gasteiger charge is -2.33. The molecular formula is C15H21NO5S. The number of aliphatic hydroxyl groups is 1. The topological polar surface area (TPSA) is 94.9 Å². The maximum Gasteiger partial charge on any atom is 0.309 e. The van der Waals surface area contributed by atoms with Gasteiger partial charge in [-0.2, -0.15) is 4.31 Å². The molecule has 1 heterocycles. The Morgan fingerprint density at radius 2 is 1.95 bits per heavy atom. The van der Waals surface area contributed by atoms with Gasteiger partial charge < -0.3 is 10.2 Å². The molecule has 0 aromatic heterocycles. The van der Waals surface area contributed by atoms with Crippen molar-refractivity contribution in [2.75, 3.05) is 13.1 Å². The second kappa shape index (κ2) is 6.76. The monoisotopic (exact) mass is 327 g/mol. The molecule has 0 spiro atoms. The van der Waals surface area contributed by atoms with Crippen molar-refractivity contribution >= 4 is 16.0 Å².